The summed E-state index contributed by atoms with van der Waals surface area (Å²) in [6.07, 6.45) is 3.36. The summed E-state index contributed by atoms with van der Waals surface area (Å²) in [6.45, 7) is 7.24. The van der Waals surface area contributed by atoms with Crippen molar-refractivity contribution in [3.8, 4) is 0 Å². The Bertz CT molecular complexity index is 1110. The van der Waals surface area contributed by atoms with Crippen LogP contribution < -0.4 is 51.6 Å². The Morgan fingerprint density at radius 1 is 0.579 bits per heavy atom. The highest BCUT2D eigenvalue weighted by Gasteiger charge is 2.19. The molecule has 0 fully saturated rings. The molecule has 57 heavy (non-hydrogen) atoms. The number of carboxylic acid groups (broad SMARTS) is 5. The minimum Gasteiger partial charge on any atom is -0.480 e. The first-order valence-corrected chi connectivity index (χ1v) is 18.3. The molecule has 0 aromatic carbocycles. The van der Waals surface area contributed by atoms with Gasteiger partial charge in [0.25, 0.3) is 0 Å². The lowest BCUT2D eigenvalue weighted by molar-refractivity contribution is -0.158. The number of thiol groups is 2. The second-order valence-corrected chi connectivity index (χ2v) is 12.5. The van der Waals surface area contributed by atoms with E-state index in [0.29, 0.717) is 25.3 Å². The van der Waals surface area contributed by atoms with E-state index in [4.69, 9.17) is 77.1 Å². The van der Waals surface area contributed by atoms with Crippen LogP contribution in [0.3, 0.4) is 0 Å². The number of ether oxygens (including phenoxy) is 2. The van der Waals surface area contributed by atoms with E-state index in [9.17, 15) is 38.4 Å². The zero-order valence-corrected chi connectivity index (χ0v) is 34.6. The predicted molar refractivity (Wildman–Crippen MR) is 216 cm³/mol. The van der Waals surface area contributed by atoms with Gasteiger partial charge in [-0.25, -0.2) is 0 Å². The fraction of sp³-hybridized carbons (Fsp3) is 0.742. The fourth-order valence-electron chi connectivity index (χ4n) is 2.45. The van der Waals surface area contributed by atoms with E-state index in [0.717, 1.165) is 19.3 Å². The van der Waals surface area contributed by atoms with E-state index in [1.54, 1.807) is 0 Å². The first kappa shape index (κ1) is 65.2. The van der Waals surface area contributed by atoms with Gasteiger partial charge in [0.15, 0.2) is 0 Å². The molecular weight excluding hydrogens is 803 g/mol. The number of carboxylic acids is 5. The molecule has 23 N–H and O–H groups in total. The Hall–Kier alpha value is -3.70. The maximum atomic E-state index is 11.2. The van der Waals surface area contributed by atoms with Gasteiger partial charge in [0, 0.05) is 11.5 Å². The highest BCUT2D eigenvalue weighted by molar-refractivity contribution is 7.80. The minimum atomic E-state index is -1.22. The van der Waals surface area contributed by atoms with E-state index in [1.165, 1.54) is 0 Å². The average molecular weight is 870 g/mol. The molecule has 0 spiro atoms. The quantitative estimate of drug-likeness (QED) is 0.0239. The third kappa shape index (κ3) is 48.4. The normalized spacial score (nSPS) is 13.5. The maximum absolute atomic E-state index is 11.2. The van der Waals surface area contributed by atoms with Gasteiger partial charge in [-0.05, 0) is 37.6 Å². The van der Waals surface area contributed by atoms with Crippen molar-refractivity contribution in [2.24, 2.45) is 63.4 Å². The summed E-state index contributed by atoms with van der Waals surface area (Å²) in [7, 11) is 0. The van der Waals surface area contributed by atoms with Crippen molar-refractivity contribution in [1.29, 1.82) is 0 Å². The zero-order chi connectivity index (χ0) is 46.4. The number of esters is 3. The Morgan fingerprint density at radius 3 is 1.18 bits per heavy atom. The second kappa shape index (κ2) is 41.9. The van der Waals surface area contributed by atoms with Gasteiger partial charge in [-0.3, -0.25) is 38.4 Å². The highest BCUT2D eigenvalue weighted by Crippen LogP contribution is 2.04. The van der Waals surface area contributed by atoms with E-state index in [1.807, 2.05) is 27.7 Å². The Labute approximate surface area is 343 Å². The van der Waals surface area contributed by atoms with Crippen LogP contribution in [0, 0.1) is 11.8 Å². The number of hydrogen-bond donors (Lipinski definition) is 16. The molecule has 0 aliphatic heterocycles. The molecule has 26 heteroatoms. The number of carbonyl (C=O) groups excluding carboxylic acids is 3. The van der Waals surface area contributed by atoms with Crippen molar-refractivity contribution < 1.29 is 73.4 Å². The van der Waals surface area contributed by atoms with Gasteiger partial charge in [-0.15, -0.1) is 0 Å². The first-order chi connectivity index (χ1) is 26.2. The summed E-state index contributed by atoms with van der Waals surface area (Å²) in [5.74, 6) is -6.39. The third-order valence-electron chi connectivity index (χ3n) is 6.17. The third-order valence-corrected chi connectivity index (χ3v) is 6.95. The summed E-state index contributed by atoms with van der Waals surface area (Å²) in [4.78, 5) is 81.7. The molecule has 0 amide bonds. The number of unbranched alkanes of at least 4 members (excludes halogenated alkanes) is 1. The van der Waals surface area contributed by atoms with Gasteiger partial charge in [0.05, 0.1) is 13.1 Å². The van der Waals surface area contributed by atoms with Crippen LogP contribution in [0.15, 0.2) is 0 Å². The van der Waals surface area contributed by atoms with Crippen molar-refractivity contribution in [3.05, 3.63) is 0 Å². The first-order valence-electron chi connectivity index (χ1n) is 17.1. The Kier molecular flexibility index (Phi) is 47.9. The highest BCUT2D eigenvalue weighted by atomic mass is 32.1. The molecule has 0 aromatic rings. The van der Waals surface area contributed by atoms with Gasteiger partial charge in [-0.1, -0.05) is 40.5 Å². The smallest absolute Gasteiger partial charge is 0.327 e. The molecule has 0 aromatic heterocycles. The van der Waals surface area contributed by atoms with Crippen molar-refractivity contribution >= 4 is 73.0 Å². The fourth-order valence-corrected chi connectivity index (χ4v) is 2.76. The lowest BCUT2D eigenvalue weighted by Gasteiger charge is -2.12. The van der Waals surface area contributed by atoms with E-state index in [2.05, 4.69) is 34.7 Å². The van der Waals surface area contributed by atoms with Gasteiger partial charge in [0.1, 0.15) is 42.9 Å². The van der Waals surface area contributed by atoms with Gasteiger partial charge in [0.2, 0.25) is 0 Å². The van der Waals surface area contributed by atoms with Crippen LogP contribution in [0.5, 0.6) is 0 Å². The molecule has 0 heterocycles. The van der Waals surface area contributed by atoms with E-state index >= 15 is 0 Å². The molecule has 7 atom stereocenters. The molecular formula is C31H67N9O15S2. The second-order valence-electron chi connectivity index (χ2n) is 11.8. The number of nitrogens with two attached hydrogens (primary N) is 9. The minimum absolute atomic E-state index is 0.0718. The Morgan fingerprint density at radius 2 is 0.965 bits per heavy atom. The molecule has 0 radical (unpaired) electrons. The Balaban J connectivity index is -0.000000141. The van der Waals surface area contributed by atoms with Crippen LogP contribution in [0.4, 0.5) is 0 Å². The van der Waals surface area contributed by atoms with Crippen molar-refractivity contribution in [3.63, 3.8) is 0 Å². The van der Waals surface area contributed by atoms with Crippen molar-refractivity contribution in [1.82, 2.24) is 0 Å². The number of aliphatic carboxylic acids is 5. The molecule has 0 aliphatic carbocycles. The molecule has 0 rings (SSSR count). The summed E-state index contributed by atoms with van der Waals surface area (Å²) in [5.41, 5.74) is 45.9. The molecule has 0 aliphatic rings. The summed E-state index contributed by atoms with van der Waals surface area (Å²) >= 11 is 7.30. The van der Waals surface area contributed by atoms with Gasteiger partial charge >= 0.3 is 47.8 Å². The van der Waals surface area contributed by atoms with Crippen LogP contribution >= 0.6 is 25.3 Å². The molecule has 0 saturated heterocycles. The van der Waals surface area contributed by atoms with Crippen LogP contribution in [0.2, 0.25) is 0 Å². The molecule has 0 saturated carbocycles. The summed E-state index contributed by atoms with van der Waals surface area (Å²) < 4.78 is 8.68. The largest absolute Gasteiger partial charge is 0.480 e. The van der Waals surface area contributed by atoms with Crippen LogP contribution in [-0.4, -0.2) is 147 Å². The van der Waals surface area contributed by atoms with Crippen molar-refractivity contribution in [2.75, 3.05) is 37.7 Å². The van der Waals surface area contributed by atoms with E-state index < -0.39 is 84.0 Å². The van der Waals surface area contributed by atoms with Gasteiger partial charge < -0.3 is 86.6 Å². The standard InChI is InChI=1S/C9H19N3O4.2C6H13NO2.C4H8N2O3.2C3H7NO2S/c10-4-2-1-3-6(11)9(15)16-5-7(12)8(13)14;1-4(2)3-5(7)6(8)9;1-3-4(2)5(7)6(8)9;5-1-3(7)9-4(8)2-6;2*4-2(1-7)3(5)6/h6-7H,1-5,10-12H2,(H,13,14);2*4-5H,3,7H2,1-2H3,(H,8,9);1-2,5-6H2;2*2,7H,1,4H2,(H,5,6)/t6-,7-;5-;4-,5-;;2*2-/m000.00/s1. The summed E-state index contributed by atoms with van der Waals surface area (Å²) in [5, 5.41) is 41.1. The SMILES string of the molecule is CC(C)C[C@H](N)C(=O)O.CC[C@H](C)[C@H](N)C(=O)O.NCC(=O)OC(=O)CN.NCCCC[C@H](N)C(=O)OC[C@H](N)C(=O)O.N[C@@H](CS)C(=O)O.N[C@@H](CS)C(=O)O. The number of hydrogen-bond acceptors (Lipinski definition) is 21. The molecule has 0 bridgehead atoms. The van der Waals surface area contributed by atoms with Crippen LogP contribution in [-0.2, 0) is 47.8 Å². The number of carbonyl (C=O) groups is 8. The van der Waals surface area contributed by atoms with Gasteiger partial charge in [-0.2, -0.15) is 25.3 Å². The van der Waals surface area contributed by atoms with Crippen LogP contribution in [0.1, 0.15) is 59.8 Å². The average Bonchev–Trinajstić information content (AvgIpc) is 3.15. The van der Waals surface area contributed by atoms with E-state index in [-0.39, 0.29) is 37.1 Å². The topological polar surface area (TPSA) is 490 Å². The predicted octanol–water partition coefficient (Wildman–Crippen LogP) is -4.08. The molecule has 0 unspecified atom stereocenters. The van der Waals surface area contributed by atoms with Crippen LogP contribution in [0.25, 0.3) is 0 Å². The maximum Gasteiger partial charge on any atom is 0.327 e. The molecule has 338 valence electrons. The monoisotopic (exact) mass is 869 g/mol. The number of rotatable bonds is 20. The molecule has 24 nitrogen and oxygen atoms in total. The lowest BCUT2D eigenvalue weighted by Crippen LogP contribution is -2.39. The zero-order valence-electron chi connectivity index (χ0n) is 32.8. The summed E-state index contributed by atoms with van der Waals surface area (Å²) in [6, 6.07) is -4.97. The lowest BCUT2D eigenvalue weighted by atomic mass is 10.0. The van der Waals surface area contributed by atoms with Crippen molar-refractivity contribution in [2.45, 2.75) is 96.1 Å².